The quantitative estimate of drug-likeness (QED) is 0.129. The van der Waals surface area contributed by atoms with Gasteiger partial charge in [0.2, 0.25) is 6.41 Å². The average molecular weight is 692 g/mol. The first-order valence-corrected chi connectivity index (χ1v) is 16.0. The van der Waals surface area contributed by atoms with Crippen molar-refractivity contribution in [1.29, 1.82) is 0 Å². The molecule has 4 rings (SSSR count). The standard InChI is InChI=1S/C26H28BrClN6O2S.C5H12O/c1-26(2)14-17(15-34(26)16-35)9-11-20(19-6-3-4-13-29-19)30-22-7-5-8-23(32-22)37-33-25(36)18-10-12-21(27)31-24(18)28;1-5(2,3)6-4/h3-8,10,12-13,16-17,20H,9,11,14-15H2,1-2H3,(H,30,32)(H,33,36);1-4H3. The van der Waals surface area contributed by atoms with Crippen molar-refractivity contribution in [2.45, 2.75) is 76.1 Å². The zero-order valence-corrected chi connectivity index (χ0v) is 28.6. The number of likely N-dealkylation sites (tertiary alicyclic amines) is 1. The lowest BCUT2D eigenvalue weighted by Crippen LogP contribution is -2.36. The Kier molecular flexibility index (Phi) is 12.8. The molecule has 0 aromatic carbocycles. The molecular formula is C31H40BrClN6O3S. The summed E-state index contributed by atoms with van der Waals surface area (Å²) in [6, 6.07) is 14.7. The highest BCUT2D eigenvalue weighted by atomic mass is 79.9. The number of rotatable bonds is 10. The maximum Gasteiger partial charge on any atom is 0.264 e. The molecule has 4 heterocycles. The Morgan fingerprint density at radius 1 is 1.21 bits per heavy atom. The summed E-state index contributed by atoms with van der Waals surface area (Å²) in [5, 5.41) is 4.27. The lowest BCUT2D eigenvalue weighted by molar-refractivity contribution is -0.120. The Bertz CT molecular complexity index is 1360. The molecule has 1 fully saturated rings. The topological polar surface area (TPSA) is 109 Å². The molecule has 3 aromatic heterocycles. The van der Waals surface area contributed by atoms with E-state index in [4.69, 9.17) is 16.3 Å². The van der Waals surface area contributed by atoms with Gasteiger partial charge in [0.1, 0.15) is 20.6 Å². The highest BCUT2D eigenvalue weighted by Gasteiger charge is 2.37. The van der Waals surface area contributed by atoms with Crippen LogP contribution in [0.1, 0.15) is 76.0 Å². The SMILES string of the molecule is CC1(C)CC(CCC(Nc2cccc(SNC(=O)c3ccc(Br)nc3Cl)n2)c2ccccn2)CN1C=O.COC(C)(C)C. The number of amides is 2. The fourth-order valence-corrected chi connectivity index (χ4v) is 5.79. The first kappa shape index (κ1) is 34.8. The molecule has 0 bridgehead atoms. The second-order valence-corrected chi connectivity index (χ2v) is 13.8. The van der Waals surface area contributed by atoms with Gasteiger partial charge in [0.25, 0.3) is 5.91 Å². The Morgan fingerprint density at radius 2 is 1.95 bits per heavy atom. The molecule has 0 aliphatic carbocycles. The number of carbonyl (C=O) groups is 2. The van der Waals surface area contributed by atoms with E-state index in [0.717, 1.165) is 49.9 Å². The van der Waals surface area contributed by atoms with Crippen molar-refractivity contribution >= 4 is 57.6 Å². The van der Waals surface area contributed by atoms with Crippen molar-refractivity contribution in [3.05, 3.63) is 75.7 Å². The van der Waals surface area contributed by atoms with Crippen molar-refractivity contribution in [3.8, 4) is 0 Å². The van der Waals surface area contributed by atoms with Gasteiger partial charge < -0.3 is 15.0 Å². The maximum atomic E-state index is 12.6. The molecule has 0 saturated carbocycles. The molecule has 1 aliphatic heterocycles. The van der Waals surface area contributed by atoms with Crippen molar-refractivity contribution in [1.82, 2.24) is 24.6 Å². The molecule has 9 nitrogen and oxygen atoms in total. The van der Waals surface area contributed by atoms with E-state index >= 15 is 0 Å². The zero-order chi connectivity index (χ0) is 31.6. The van der Waals surface area contributed by atoms with E-state index in [0.29, 0.717) is 21.4 Å². The minimum Gasteiger partial charge on any atom is -0.379 e. The molecule has 1 aliphatic rings. The van der Waals surface area contributed by atoms with Gasteiger partial charge in [0.05, 0.1) is 22.9 Å². The van der Waals surface area contributed by atoms with Crippen LogP contribution < -0.4 is 10.0 Å². The number of carbonyl (C=O) groups excluding carboxylic acids is 2. The number of hydrogen-bond donors (Lipinski definition) is 2. The fourth-order valence-electron chi connectivity index (χ4n) is 4.54. The highest BCUT2D eigenvalue weighted by Crippen LogP contribution is 2.35. The number of nitrogens with zero attached hydrogens (tertiary/aromatic N) is 4. The van der Waals surface area contributed by atoms with Crippen molar-refractivity contribution in [2.24, 2.45) is 5.92 Å². The Balaban J connectivity index is 0.000000765. The second kappa shape index (κ2) is 15.8. The van der Waals surface area contributed by atoms with Crippen LogP contribution in [0.5, 0.6) is 0 Å². The van der Waals surface area contributed by atoms with Gasteiger partial charge in [-0.25, -0.2) is 9.97 Å². The van der Waals surface area contributed by atoms with Crippen LogP contribution >= 0.6 is 39.5 Å². The minimum absolute atomic E-state index is 0.0417. The molecule has 0 spiro atoms. The van der Waals surface area contributed by atoms with Crippen LogP contribution in [0.4, 0.5) is 5.82 Å². The summed E-state index contributed by atoms with van der Waals surface area (Å²) >= 11 is 10.4. The Morgan fingerprint density at radius 3 is 2.56 bits per heavy atom. The van der Waals surface area contributed by atoms with Crippen LogP contribution in [-0.2, 0) is 9.53 Å². The lowest BCUT2D eigenvalue weighted by Gasteiger charge is -2.27. The first-order valence-electron chi connectivity index (χ1n) is 14.0. The molecule has 3 aromatic rings. The lowest BCUT2D eigenvalue weighted by atomic mass is 9.91. The third-order valence-electron chi connectivity index (χ3n) is 7.02. The van der Waals surface area contributed by atoms with Crippen molar-refractivity contribution in [3.63, 3.8) is 0 Å². The van der Waals surface area contributed by atoms with Crippen molar-refractivity contribution < 1.29 is 14.3 Å². The Hall–Kier alpha value is -2.73. The largest absolute Gasteiger partial charge is 0.379 e. The van der Waals surface area contributed by atoms with E-state index in [-0.39, 0.29) is 33.8 Å². The van der Waals surface area contributed by atoms with Gasteiger partial charge >= 0.3 is 0 Å². The molecule has 2 amide bonds. The van der Waals surface area contributed by atoms with E-state index in [9.17, 15) is 9.59 Å². The minimum atomic E-state index is -0.356. The number of methoxy groups -OCH3 is 1. The highest BCUT2D eigenvalue weighted by molar-refractivity contribution is 9.10. The van der Waals surface area contributed by atoms with E-state index in [1.807, 2.05) is 62.1 Å². The van der Waals surface area contributed by atoms with Crippen LogP contribution in [0, 0.1) is 5.92 Å². The van der Waals surface area contributed by atoms with Gasteiger partial charge in [-0.05, 0) is 112 Å². The van der Waals surface area contributed by atoms with Crippen molar-refractivity contribution in [2.75, 3.05) is 19.0 Å². The number of nitrogens with one attached hydrogen (secondary N) is 2. The average Bonchev–Trinajstić information content (AvgIpc) is 3.27. The number of halogens is 2. The molecule has 2 N–H and O–H groups in total. The number of hydrogen-bond acceptors (Lipinski definition) is 8. The first-order chi connectivity index (χ1) is 20.3. The number of ether oxygens (including phenoxy) is 1. The summed E-state index contributed by atoms with van der Waals surface area (Å²) in [6.45, 7) is 11.1. The summed E-state index contributed by atoms with van der Waals surface area (Å²) in [7, 11) is 1.71. The van der Waals surface area contributed by atoms with E-state index in [2.05, 4.69) is 54.8 Å². The van der Waals surface area contributed by atoms with Crippen LogP contribution in [0.15, 0.2) is 64.4 Å². The molecule has 2 unspecified atom stereocenters. The third kappa shape index (κ3) is 11.0. The van der Waals surface area contributed by atoms with Crippen LogP contribution in [-0.4, -0.2) is 57.0 Å². The van der Waals surface area contributed by atoms with Gasteiger partial charge in [0.15, 0.2) is 0 Å². The predicted octanol–water partition coefficient (Wildman–Crippen LogP) is 7.35. The van der Waals surface area contributed by atoms with Gasteiger partial charge in [-0.1, -0.05) is 23.7 Å². The smallest absolute Gasteiger partial charge is 0.264 e. The summed E-state index contributed by atoms with van der Waals surface area (Å²) in [4.78, 5) is 39.2. The molecule has 232 valence electrons. The second-order valence-electron chi connectivity index (χ2n) is 11.9. The fraction of sp³-hybridized carbons (Fsp3) is 0.452. The van der Waals surface area contributed by atoms with E-state index in [1.165, 1.54) is 0 Å². The van der Waals surface area contributed by atoms with Gasteiger partial charge in [-0.2, -0.15) is 0 Å². The number of pyridine rings is 3. The third-order valence-corrected chi connectivity index (χ3v) is 8.48. The molecule has 2 atom stereocenters. The summed E-state index contributed by atoms with van der Waals surface area (Å²) < 4.78 is 8.26. The monoisotopic (exact) mass is 690 g/mol. The molecule has 43 heavy (non-hydrogen) atoms. The van der Waals surface area contributed by atoms with E-state index < -0.39 is 0 Å². The molecule has 1 saturated heterocycles. The number of aromatic nitrogens is 3. The van der Waals surface area contributed by atoms with Gasteiger partial charge in [-0.3, -0.25) is 19.3 Å². The van der Waals surface area contributed by atoms with Crippen LogP contribution in [0.3, 0.4) is 0 Å². The molecule has 0 radical (unpaired) electrons. The van der Waals surface area contributed by atoms with Crippen LogP contribution in [0.25, 0.3) is 0 Å². The van der Waals surface area contributed by atoms with E-state index in [1.54, 1.807) is 25.4 Å². The number of anilines is 1. The van der Waals surface area contributed by atoms with Gasteiger partial charge in [-0.15, -0.1) is 0 Å². The zero-order valence-electron chi connectivity index (χ0n) is 25.4. The summed E-state index contributed by atoms with van der Waals surface area (Å²) in [5.74, 6) is 0.753. The maximum absolute atomic E-state index is 12.6. The normalized spacial score (nSPS) is 16.6. The Labute approximate surface area is 272 Å². The molecule has 12 heteroatoms. The summed E-state index contributed by atoms with van der Waals surface area (Å²) in [5.41, 5.74) is 1.14. The predicted molar refractivity (Wildman–Crippen MR) is 176 cm³/mol. The summed E-state index contributed by atoms with van der Waals surface area (Å²) in [6.07, 6.45) is 5.52. The van der Waals surface area contributed by atoms with Crippen LogP contribution in [0.2, 0.25) is 5.15 Å². The van der Waals surface area contributed by atoms with Gasteiger partial charge in [0, 0.05) is 37.3 Å². The molecular weight excluding hydrogens is 652 g/mol.